The molecule has 68 valence electrons. The van der Waals surface area contributed by atoms with Gasteiger partial charge in [0.25, 0.3) is 0 Å². The van der Waals surface area contributed by atoms with Crippen molar-refractivity contribution in [2.24, 2.45) is 5.41 Å². The van der Waals surface area contributed by atoms with E-state index in [1.54, 1.807) is 7.11 Å². The molecule has 0 saturated heterocycles. The Kier molecular flexibility index (Phi) is 2.68. The van der Waals surface area contributed by atoms with E-state index in [1.807, 2.05) is 19.9 Å². The molecule has 0 bridgehead atoms. The molecule has 0 fully saturated rings. The molecule has 1 aliphatic carbocycles. The van der Waals surface area contributed by atoms with E-state index in [1.165, 1.54) is 0 Å². The van der Waals surface area contributed by atoms with Crippen molar-refractivity contribution in [1.82, 2.24) is 0 Å². The fourth-order valence-electron chi connectivity index (χ4n) is 1.75. The third-order valence-electron chi connectivity index (χ3n) is 2.52. The van der Waals surface area contributed by atoms with Crippen LogP contribution in [0.25, 0.3) is 0 Å². The number of carbonyl (C=O) groups excluding carboxylic acids is 1. The zero-order valence-corrected chi connectivity index (χ0v) is 8.02. The Hall–Kier alpha value is -0.630. The van der Waals surface area contributed by atoms with E-state index in [-0.39, 0.29) is 11.2 Å². The predicted molar refractivity (Wildman–Crippen MR) is 48.0 cm³/mol. The van der Waals surface area contributed by atoms with Crippen LogP contribution in [0.15, 0.2) is 11.6 Å². The van der Waals surface area contributed by atoms with Crippen molar-refractivity contribution in [1.29, 1.82) is 0 Å². The average Bonchev–Trinajstić information content (AvgIpc) is 2.01. The van der Waals surface area contributed by atoms with Gasteiger partial charge in [-0.05, 0) is 25.3 Å². The first kappa shape index (κ1) is 9.46. The molecule has 0 N–H and O–H groups in total. The zero-order chi connectivity index (χ0) is 9.19. The van der Waals surface area contributed by atoms with Crippen molar-refractivity contribution in [2.45, 2.75) is 26.7 Å². The van der Waals surface area contributed by atoms with E-state index in [4.69, 9.17) is 4.74 Å². The van der Waals surface area contributed by atoms with Crippen LogP contribution in [0.2, 0.25) is 0 Å². The molecule has 0 aliphatic heterocycles. The molecular formula is C10H16O2. The summed E-state index contributed by atoms with van der Waals surface area (Å²) in [4.78, 5) is 11.7. The van der Waals surface area contributed by atoms with E-state index in [0.29, 0.717) is 6.61 Å². The molecule has 1 rings (SSSR count). The van der Waals surface area contributed by atoms with E-state index in [2.05, 4.69) is 0 Å². The summed E-state index contributed by atoms with van der Waals surface area (Å²) in [6.45, 7) is 4.40. The maximum Gasteiger partial charge on any atom is 0.166 e. The van der Waals surface area contributed by atoms with Crippen molar-refractivity contribution in [2.75, 3.05) is 13.7 Å². The van der Waals surface area contributed by atoms with Crippen molar-refractivity contribution >= 4 is 5.78 Å². The smallest absolute Gasteiger partial charge is 0.166 e. The second kappa shape index (κ2) is 3.40. The highest BCUT2D eigenvalue weighted by Crippen LogP contribution is 2.32. The molecule has 0 radical (unpaired) electrons. The van der Waals surface area contributed by atoms with Crippen LogP contribution in [0.4, 0.5) is 0 Å². The molecule has 0 amide bonds. The lowest BCUT2D eigenvalue weighted by Crippen LogP contribution is -2.35. The highest BCUT2D eigenvalue weighted by atomic mass is 16.5. The Morgan fingerprint density at radius 3 is 2.92 bits per heavy atom. The van der Waals surface area contributed by atoms with Gasteiger partial charge in [-0.1, -0.05) is 13.0 Å². The Balaban J connectivity index is 2.79. The van der Waals surface area contributed by atoms with Crippen LogP contribution in [0, 0.1) is 5.41 Å². The highest BCUT2D eigenvalue weighted by Gasteiger charge is 2.35. The average molecular weight is 168 g/mol. The lowest BCUT2D eigenvalue weighted by molar-refractivity contribution is -0.127. The monoisotopic (exact) mass is 168 g/mol. The summed E-state index contributed by atoms with van der Waals surface area (Å²) < 4.78 is 5.06. The number of ketones is 1. The maximum absolute atomic E-state index is 11.7. The summed E-state index contributed by atoms with van der Waals surface area (Å²) in [6, 6.07) is 0. The first-order chi connectivity index (χ1) is 5.60. The molecule has 1 atom stereocenters. The predicted octanol–water partition coefficient (Wildman–Crippen LogP) is 1.95. The van der Waals surface area contributed by atoms with Crippen LogP contribution in [-0.2, 0) is 9.53 Å². The van der Waals surface area contributed by atoms with Gasteiger partial charge in [0.1, 0.15) is 0 Å². The Morgan fingerprint density at radius 1 is 1.67 bits per heavy atom. The number of Topliss-reactive ketones (excluding diaryl/α,β-unsaturated/α-hetero) is 1. The van der Waals surface area contributed by atoms with Crippen LogP contribution in [0.3, 0.4) is 0 Å². The summed E-state index contributed by atoms with van der Waals surface area (Å²) in [6.07, 6.45) is 3.92. The normalized spacial score (nSPS) is 30.2. The van der Waals surface area contributed by atoms with Crippen molar-refractivity contribution in [3.05, 3.63) is 11.6 Å². The molecule has 0 aromatic heterocycles. The van der Waals surface area contributed by atoms with Crippen LogP contribution < -0.4 is 0 Å². The van der Waals surface area contributed by atoms with E-state index in [9.17, 15) is 4.79 Å². The third-order valence-corrected chi connectivity index (χ3v) is 2.52. The summed E-state index contributed by atoms with van der Waals surface area (Å²) >= 11 is 0. The SMILES string of the molecule is COCC1(C)CCC=C(C)C1=O. The molecule has 1 aliphatic rings. The quantitative estimate of drug-likeness (QED) is 0.630. The molecule has 1 unspecified atom stereocenters. The first-order valence-corrected chi connectivity index (χ1v) is 4.31. The maximum atomic E-state index is 11.7. The fraction of sp³-hybridized carbons (Fsp3) is 0.700. The van der Waals surface area contributed by atoms with Gasteiger partial charge < -0.3 is 4.74 Å². The topological polar surface area (TPSA) is 26.3 Å². The van der Waals surface area contributed by atoms with Crippen molar-refractivity contribution < 1.29 is 9.53 Å². The van der Waals surface area contributed by atoms with Gasteiger partial charge in [-0.25, -0.2) is 0 Å². The van der Waals surface area contributed by atoms with E-state index < -0.39 is 0 Å². The van der Waals surface area contributed by atoms with E-state index >= 15 is 0 Å². The van der Waals surface area contributed by atoms with Gasteiger partial charge in [-0.3, -0.25) is 4.79 Å². The second-order valence-electron chi connectivity index (χ2n) is 3.75. The van der Waals surface area contributed by atoms with E-state index in [0.717, 1.165) is 18.4 Å². The fourth-order valence-corrected chi connectivity index (χ4v) is 1.75. The second-order valence-corrected chi connectivity index (χ2v) is 3.75. The minimum absolute atomic E-state index is 0.246. The standard InChI is InChI=1S/C10H16O2/c1-8-5-4-6-10(2,7-12-3)9(8)11/h5H,4,6-7H2,1-3H3. The number of rotatable bonds is 2. The number of methoxy groups -OCH3 is 1. The van der Waals surface area contributed by atoms with Gasteiger partial charge in [0, 0.05) is 7.11 Å². The van der Waals surface area contributed by atoms with Gasteiger partial charge in [0.2, 0.25) is 0 Å². The Labute approximate surface area is 73.6 Å². The lowest BCUT2D eigenvalue weighted by Gasteiger charge is -2.30. The molecule has 2 heteroatoms. The molecule has 0 spiro atoms. The third kappa shape index (κ3) is 1.58. The molecule has 2 nitrogen and oxygen atoms in total. The largest absolute Gasteiger partial charge is 0.384 e. The zero-order valence-electron chi connectivity index (χ0n) is 8.02. The minimum atomic E-state index is -0.270. The summed E-state index contributed by atoms with van der Waals surface area (Å²) in [5.41, 5.74) is 0.619. The van der Waals surface area contributed by atoms with Crippen molar-refractivity contribution in [3.8, 4) is 0 Å². The molecule has 0 heterocycles. The molecular weight excluding hydrogens is 152 g/mol. The molecule has 0 saturated carbocycles. The van der Waals surface area contributed by atoms with Crippen LogP contribution in [0.5, 0.6) is 0 Å². The first-order valence-electron chi connectivity index (χ1n) is 4.31. The summed E-state index contributed by atoms with van der Waals surface area (Å²) in [5.74, 6) is 0.246. The Bertz CT molecular complexity index is 218. The van der Waals surface area contributed by atoms with Gasteiger partial charge in [-0.15, -0.1) is 0 Å². The number of carbonyl (C=O) groups is 1. The minimum Gasteiger partial charge on any atom is -0.384 e. The number of hydrogen-bond acceptors (Lipinski definition) is 2. The van der Waals surface area contributed by atoms with Crippen LogP contribution >= 0.6 is 0 Å². The van der Waals surface area contributed by atoms with Crippen LogP contribution in [0.1, 0.15) is 26.7 Å². The van der Waals surface area contributed by atoms with Gasteiger partial charge >= 0.3 is 0 Å². The molecule has 12 heavy (non-hydrogen) atoms. The number of allylic oxidation sites excluding steroid dienone is 2. The van der Waals surface area contributed by atoms with Gasteiger partial charge in [0.05, 0.1) is 12.0 Å². The van der Waals surface area contributed by atoms with Crippen molar-refractivity contribution in [3.63, 3.8) is 0 Å². The molecule has 0 aromatic rings. The summed E-state index contributed by atoms with van der Waals surface area (Å²) in [7, 11) is 1.65. The highest BCUT2D eigenvalue weighted by molar-refractivity contribution is 5.99. The summed E-state index contributed by atoms with van der Waals surface area (Å²) in [5, 5.41) is 0. The van der Waals surface area contributed by atoms with Gasteiger partial charge in [-0.2, -0.15) is 0 Å². The number of ether oxygens (including phenoxy) is 1. The van der Waals surface area contributed by atoms with Crippen LogP contribution in [-0.4, -0.2) is 19.5 Å². The number of hydrogen-bond donors (Lipinski definition) is 0. The Morgan fingerprint density at radius 2 is 2.33 bits per heavy atom. The lowest BCUT2D eigenvalue weighted by atomic mass is 9.75. The van der Waals surface area contributed by atoms with Gasteiger partial charge in [0.15, 0.2) is 5.78 Å². The molecule has 0 aromatic carbocycles.